The number of aryl methyl sites for hydroxylation is 1. The van der Waals surface area contributed by atoms with E-state index < -0.39 is 10.0 Å². The van der Waals surface area contributed by atoms with E-state index >= 15 is 0 Å². The van der Waals surface area contributed by atoms with Gasteiger partial charge in [0.15, 0.2) is 0 Å². The van der Waals surface area contributed by atoms with Crippen LogP contribution in [-0.2, 0) is 10.0 Å². The molecule has 0 radical (unpaired) electrons. The molecule has 1 aliphatic heterocycles. The Hall–Kier alpha value is -0.620. The summed E-state index contributed by atoms with van der Waals surface area (Å²) in [5, 5.41) is 0.547. The average molecular weight is 317 g/mol. The molecule has 4 nitrogen and oxygen atoms in total. The highest BCUT2D eigenvalue weighted by Gasteiger charge is 2.33. The molecular formula is C14H21ClN2O2S. The normalized spacial score (nSPS) is 24.2. The molecule has 0 saturated carbocycles. The van der Waals surface area contributed by atoms with Gasteiger partial charge in [-0.05, 0) is 56.1 Å². The molecule has 1 saturated heterocycles. The minimum absolute atomic E-state index is 0.00213. The van der Waals surface area contributed by atoms with Gasteiger partial charge in [-0.2, -0.15) is 0 Å². The van der Waals surface area contributed by atoms with Crippen LogP contribution in [0, 0.1) is 12.3 Å². The van der Waals surface area contributed by atoms with Gasteiger partial charge in [-0.3, -0.25) is 0 Å². The van der Waals surface area contributed by atoms with E-state index in [1.54, 1.807) is 25.1 Å². The highest BCUT2D eigenvalue weighted by Crippen LogP contribution is 2.29. The first-order chi connectivity index (χ1) is 9.22. The lowest BCUT2D eigenvalue weighted by Crippen LogP contribution is -2.37. The summed E-state index contributed by atoms with van der Waals surface area (Å²) < 4.78 is 27.5. The molecule has 6 heteroatoms. The molecular weight excluding hydrogens is 296 g/mol. The smallest absolute Gasteiger partial charge is 0.240 e. The molecule has 1 N–H and O–H groups in total. The van der Waals surface area contributed by atoms with Gasteiger partial charge < -0.3 is 4.90 Å². The molecule has 0 spiro atoms. The molecule has 20 heavy (non-hydrogen) atoms. The lowest BCUT2D eigenvalue weighted by Gasteiger charge is -2.24. The van der Waals surface area contributed by atoms with Crippen LogP contribution >= 0.6 is 11.6 Å². The molecule has 0 aromatic heterocycles. The number of benzene rings is 1. The number of halogens is 1. The van der Waals surface area contributed by atoms with Crippen LogP contribution in [0.15, 0.2) is 23.1 Å². The molecule has 0 aliphatic carbocycles. The Morgan fingerprint density at radius 2 is 2.15 bits per heavy atom. The van der Waals surface area contributed by atoms with Crippen LogP contribution in [0.2, 0.25) is 5.02 Å². The number of hydrogen-bond acceptors (Lipinski definition) is 3. The maximum absolute atomic E-state index is 12.4. The van der Waals surface area contributed by atoms with Crippen molar-refractivity contribution >= 4 is 21.6 Å². The molecule has 0 bridgehead atoms. The van der Waals surface area contributed by atoms with Gasteiger partial charge in [0.05, 0.1) is 4.90 Å². The van der Waals surface area contributed by atoms with Gasteiger partial charge in [0, 0.05) is 18.1 Å². The number of likely N-dealkylation sites (tertiary alicyclic amines) is 1. The van der Waals surface area contributed by atoms with Gasteiger partial charge in [-0.25, -0.2) is 13.1 Å². The quantitative estimate of drug-likeness (QED) is 0.927. The maximum atomic E-state index is 12.4. The molecule has 2 rings (SSSR count). The standard InChI is InChI=1S/C14H21ClN2O2S/c1-11-8-12(15)4-5-13(11)20(18,19)16-9-14(2)6-7-17(3)10-14/h4-5,8,16H,6-7,9-10H2,1-3H3/t14-/m1/s1. The van der Waals surface area contributed by atoms with Crippen LogP contribution in [0.4, 0.5) is 0 Å². The Kier molecular flexibility index (Phi) is 4.44. The summed E-state index contributed by atoms with van der Waals surface area (Å²) in [5.41, 5.74) is 0.668. The van der Waals surface area contributed by atoms with E-state index in [1.165, 1.54) is 0 Å². The van der Waals surface area contributed by atoms with Crippen LogP contribution in [0.25, 0.3) is 0 Å². The number of sulfonamides is 1. The minimum atomic E-state index is -3.48. The van der Waals surface area contributed by atoms with E-state index in [-0.39, 0.29) is 5.41 Å². The van der Waals surface area contributed by atoms with E-state index in [4.69, 9.17) is 11.6 Å². The Morgan fingerprint density at radius 1 is 1.45 bits per heavy atom. The van der Waals surface area contributed by atoms with E-state index in [9.17, 15) is 8.42 Å². The van der Waals surface area contributed by atoms with Gasteiger partial charge in [0.1, 0.15) is 0 Å². The minimum Gasteiger partial charge on any atom is -0.306 e. The van der Waals surface area contributed by atoms with Crippen molar-refractivity contribution in [1.82, 2.24) is 9.62 Å². The number of nitrogens with one attached hydrogen (secondary N) is 1. The number of nitrogens with zero attached hydrogens (tertiary/aromatic N) is 1. The second kappa shape index (κ2) is 5.64. The van der Waals surface area contributed by atoms with E-state index in [1.807, 2.05) is 0 Å². The molecule has 1 fully saturated rings. The van der Waals surface area contributed by atoms with Crippen LogP contribution in [0.3, 0.4) is 0 Å². The largest absolute Gasteiger partial charge is 0.306 e. The molecule has 1 heterocycles. The molecule has 0 unspecified atom stereocenters. The van der Waals surface area contributed by atoms with Crippen molar-refractivity contribution in [2.45, 2.75) is 25.2 Å². The van der Waals surface area contributed by atoms with E-state index in [2.05, 4.69) is 23.6 Å². The van der Waals surface area contributed by atoms with E-state index in [0.717, 1.165) is 19.5 Å². The van der Waals surface area contributed by atoms with E-state index in [0.29, 0.717) is 22.0 Å². The zero-order chi connectivity index (χ0) is 15.0. The Labute approximate surface area is 126 Å². The van der Waals surface area contributed by atoms with Crippen molar-refractivity contribution in [3.05, 3.63) is 28.8 Å². The van der Waals surface area contributed by atoms with Gasteiger partial charge in [-0.15, -0.1) is 0 Å². The summed E-state index contributed by atoms with van der Waals surface area (Å²) in [6.45, 7) is 6.26. The van der Waals surface area contributed by atoms with Gasteiger partial charge in [0.25, 0.3) is 0 Å². The maximum Gasteiger partial charge on any atom is 0.240 e. The predicted octanol–water partition coefficient (Wildman–Crippen LogP) is 2.27. The van der Waals surface area contributed by atoms with Crippen LogP contribution in [0.1, 0.15) is 18.9 Å². The first kappa shape index (κ1) is 15.8. The van der Waals surface area contributed by atoms with Gasteiger partial charge in [0.2, 0.25) is 10.0 Å². The van der Waals surface area contributed by atoms with Crippen LogP contribution < -0.4 is 4.72 Å². The topological polar surface area (TPSA) is 49.4 Å². The average Bonchev–Trinajstić information content (AvgIpc) is 2.67. The number of hydrogen-bond donors (Lipinski definition) is 1. The Morgan fingerprint density at radius 3 is 2.70 bits per heavy atom. The third-order valence-corrected chi connectivity index (χ3v) is 5.66. The molecule has 1 atom stereocenters. The lowest BCUT2D eigenvalue weighted by atomic mass is 9.90. The first-order valence-corrected chi connectivity index (χ1v) is 8.52. The fraction of sp³-hybridized carbons (Fsp3) is 0.571. The summed E-state index contributed by atoms with van der Waals surface area (Å²) >= 11 is 5.87. The van der Waals surface area contributed by atoms with Crippen molar-refractivity contribution in [3.8, 4) is 0 Å². The first-order valence-electron chi connectivity index (χ1n) is 6.66. The van der Waals surface area contributed by atoms with Gasteiger partial charge in [-0.1, -0.05) is 18.5 Å². The summed E-state index contributed by atoms with van der Waals surface area (Å²) in [4.78, 5) is 2.53. The van der Waals surface area contributed by atoms with Crippen LogP contribution in [-0.4, -0.2) is 40.0 Å². The van der Waals surface area contributed by atoms with Crippen molar-refractivity contribution in [2.75, 3.05) is 26.7 Å². The third kappa shape index (κ3) is 3.52. The number of rotatable bonds is 4. The zero-order valence-electron chi connectivity index (χ0n) is 12.1. The summed E-state index contributed by atoms with van der Waals surface area (Å²) in [7, 11) is -1.42. The van der Waals surface area contributed by atoms with Gasteiger partial charge >= 0.3 is 0 Å². The van der Waals surface area contributed by atoms with Crippen molar-refractivity contribution in [2.24, 2.45) is 5.41 Å². The fourth-order valence-electron chi connectivity index (χ4n) is 2.68. The third-order valence-electron chi connectivity index (χ3n) is 3.86. The monoisotopic (exact) mass is 316 g/mol. The van der Waals surface area contributed by atoms with Crippen molar-refractivity contribution in [1.29, 1.82) is 0 Å². The second-order valence-electron chi connectivity index (χ2n) is 6.03. The summed E-state index contributed by atoms with van der Waals surface area (Å²) in [5.74, 6) is 0. The van der Waals surface area contributed by atoms with Crippen LogP contribution in [0.5, 0.6) is 0 Å². The van der Waals surface area contributed by atoms with Crippen molar-refractivity contribution in [3.63, 3.8) is 0 Å². The second-order valence-corrected chi connectivity index (χ2v) is 8.20. The molecule has 1 aliphatic rings. The zero-order valence-corrected chi connectivity index (χ0v) is 13.7. The lowest BCUT2D eigenvalue weighted by molar-refractivity contribution is 0.310. The predicted molar refractivity (Wildman–Crippen MR) is 81.6 cm³/mol. The molecule has 1 aromatic rings. The van der Waals surface area contributed by atoms with Crippen molar-refractivity contribution < 1.29 is 8.42 Å². The molecule has 1 aromatic carbocycles. The Balaban J connectivity index is 2.12. The highest BCUT2D eigenvalue weighted by atomic mass is 35.5. The summed E-state index contributed by atoms with van der Waals surface area (Å²) in [6.07, 6.45) is 1.01. The highest BCUT2D eigenvalue weighted by molar-refractivity contribution is 7.89. The molecule has 0 amide bonds. The Bertz CT molecular complexity index is 603. The fourth-order valence-corrected chi connectivity index (χ4v) is 4.33. The summed E-state index contributed by atoms with van der Waals surface area (Å²) in [6, 6.07) is 4.83. The molecule has 112 valence electrons. The SMILES string of the molecule is Cc1cc(Cl)ccc1S(=O)(=O)NC[C@@]1(C)CCN(C)C1.